The van der Waals surface area contributed by atoms with Gasteiger partial charge in [0.1, 0.15) is 23.2 Å². The average Bonchev–Trinajstić information content (AvgIpc) is 3.44. The topological polar surface area (TPSA) is 80.4 Å². The number of fused-ring (bicyclic) bond motifs is 1. The molecule has 3 aromatic carbocycles. The zero-order valence-corrected chi connectivity index (χ0v) is 21.5. The van der Waals surface area contributed by atoms with Gasteiger partial charge in [-0.1, -0.05) is 30.7 Å². The van der Waals surface area contributed by atoms with Gasteiger partial charge in [0.05, 0.1) is 41.1 Å². The number of hydrogen-bond donors (Lipinski definition) is 1. The van der Waals surface area contributed by atoms with Crippen molar-refractivity contribution in [2.24, 2.45) is 0 Å². The molecule has 0 radical (unpaired) electrons. The molecule has 7 nitrogen and oxygen atoms in total. The van der Waals surface area contributed by atoms with Crippen LogP contribution < -0.4 is 10.9 Å². The maximum absolute atomic E-state index is 14.4. The molecule has 1 atom stereocenters. The fraction of sp³-hybridized carbons (Fsp3) is 0.138. The predicted molar refractivity (Wildman–Crippen MR) is 145 cm³/mol. The van der Waals surface area contributed by atoms with Gasteiger partial charge >= 0.3 is 6.03 Å². The van der Waals surface area contributed by atoms with Crippen molar-refractivity contribution in [2.75, 3.05) is 5.32 Å². The monoisotopic (exact) mass is 548 g/mol. The highest BCUT2D eigenvalue weighted by Gasteiger charge is 2.30. The number of carbonyl (C=O) groups is 1. The molecular formula is C29H23ClF2N4O3. The highest BCUT2D eigenvalue weighted by atomic mass is 35.5. The second kappa shape index (κ2) is 11.1. The number of furan rings is 1. The fourth-order valence-electron chi connectivity index (χ4n) is 4.43. The number of nitrogens with zero attached hydrogens (tertiary/aromatic N) is 3. The Morgan fingerprint density at radius 3 is 2.54 bits per heavy atom. The van der Waals surface area contributed by atoms with Crippen LogP contribution in [-0.4, -0.2) is 20.5 Å². The Labute approximate surface area is 227 Å². The van der Waals surface area contributed by atoms with E-state index in [1.807, 2.05) is 6.92 Å². The number of aromatic nitrogens is 2. The number of amides is 2. The Kier molecular flexibility index (Phi) is 7.42. The molecule has 10 heteroatoms. The van der Waals surface area contributed by atoms with Gasteiger partial charge < -0.3 is 14.6 Å². The van der Waals surface area contributed by atoms with Crippen LogP contribution in [-0.2, 0) is 6.54 Å². The predicted octanol–water partition coefficient (Wildman–Crippen LogP) is 7.10. The molecule has 2 heterocycles. The Bertz CT molecular complexity index is 1690. The minimum atomic E-state index is -0.920. The summed E-state index contributed by atoms with van der Waals surface area (Å²) >= 11 is 6.11. The van der Waals surface area contributed by atoms with Gasteiger partial charge in [-0.15, -0.1) is 0 Å². The van der Waals surface area contributed by atoms with Gasteiger partial charge in [0, 0.05) is 11.1 Å². The average molecular weight is 549 g/mol. The highest BCUT2D eigenvalue weighted by molar-refractivity contribution is 6.30. The lowest BCUT2D eigenvalue weighted by molar-refractivity contribution is 0.170. The molecule has 5 rings (SSSR count). The minimum Gasteiger partial charge on any atom is -0.467 e. The molecule has 39 heavy (non-hydrogen) atoms. The molecule has 2 aromatic heterocycles. The number of nitrogens with one attached hydrogen (secondary N) is 1. The molecule has 0 spiro atoms. The summed E-state index contributed by atoms with van der Waals surface area (Å²) in [4.78, 5) is 33.7. The standard InChI is InChI=1S/C29H23ClF2N4O3/c1-2-26(35(17-21-6-5-15-39-21)29(38)34-25-14-11-19(31)16-23(25)32)27-33-24-8-4-3-7-22(24)28(37)36(27)20-12-9-18(30)10-13-20/h3-16,26H,2,17H2,1H3,(H,34,38). The Morgan fingerprint density at radius 1 is 1.08 bits per heavy atom. The Morgan fingerprint density at radius 2 is 1.85 bits per heavy atom. The van der Waals surface area contributed by atoms with Crippen molar-refractivity contribution in [1.29, 1.82) is 0 Å². The highest BCUT2D eigenvalue weighted by Crippen LogP contribution is 2.29. The molecule has 0 aliphatic heterocycles. The third-order valence-corrected chi connectivity index (χ3v) is 6.54. The number of anilines is 1. The van der Waals surface area contributed by atoms with Gasteiger partial charge in [-0.25, -0.2) is 18.6 Å². The van der Waals surface area contributed by atoms with E-state index in [-0.39, 0.29) is 17.8 Å². The molecule has 0 fully saturated rings. The third-order valence-electron chi connectivity index (χ3n) is 6.29. The summed E-state index contributed by atoms with van der Waals surface area (Å²) in [6, 6.07) is 18.5. The number of para-hydroxylation sites is 1. The van der Waals surface area contributed by atoms with E-state index in [9.17, 15) is 18.4 Å². The second-order valence-corrected chi connectivity index (χ2v) is 9.23. The third kappa shape index (κ3) is 5.39. The van der Waals surface area contributed by atoms with E-state index >= 15 is 0 Å². The van der Waals surface area contributed by atoms with Crippen molar-refractivity contribution in [1.82, 2.24) is 14.5 Å². The number of urea groups is 1. The smallest absolute Gasteiger partial charge is 0.322 e. The zero-order valence-electron chi connectivity index (χ0n) is 20.8. The van der Waals surface area contributed by atoms with Gasteiger partial charge in [0.15, 0.2) is 0 Å². The summed E-state index contributed by atoms with van der Waals surface area (Å²) in [6.45, 7) is 1.84. The molecule has 5 aromatic rings. The summed E-state index contributed by atoms with van der Waals surface area (Å²) in [7, 11) is 0. The molecule has 1 N–H and O–H groups in total. The molecule has 2 amide bonds. The van der Waals surface area contributed by atoms with Crippen molar-refractivity contribution in [2.45, 2.75) is 25.9 Å². The van der Waals surface area contributed by atoms with Crippen LogP contribution >= 0.6 is 11.6 Å². The van der Waals surface area contributed by atoms with Crippen molar-refractivity contribution >= 4 is 34.2 Å². The van der Waals surface area contributed by atoms with Crippen LogP contribution in [0.5, 0.6) is 0 Å². The van der Waals surface area contributed by atoms with E-state index in [2.05, 4.69) is 5.32 Å². The van der Waals surface area contributed by atoms with Crippen LogP contribution in [0.4, 0.5) is 19.3 Å². The van der Waals surface area contributed by atoms with E-state index in [4.69, 9.17) is 21.0 Å². The number of hydrogen-bond acceptors (Lipinski definition) is 4. The van der Waals surface area contributed by atoms with Gasteiger partial charge in [0.2, 0.25) is 0 Å². The molecule has 0 aliphatic rings. The normalized spacial score (nSPS) is 11.9. The Balaban J connectivity index is 1.67. The maximum Gasteiger partial charge on any atom is 0.322 e. The first kappa shape index (κ1) is 26.1. The lowest BCUT2D eigenvalue weighted by atomic mass is 10.1. The molecule has 0 saturated carbocycles. The molecule has 0 aliphatic carbocycles. The minimum absolute atomic E-state index is 0.0104. The lowest BCUT2D eigenvalue weighted by Crippen LogP contribution is -2.40. The quantitative estimate of drug-likeness (QED) is 0.235. The number of carbonyl (C=O) groups excluding carboxylic acids is 1. The van der Waals surface area contributed by atoms with E-state index in [0.29, 0.717) is 45.7 Å². The summed E-state index contributed by atoms with van der Waals surface area (Å²) < 4.78 is 34.9. The van der Waals surface area contributed by atoms with Crippen molar-refractivity contribution in [3.8, 4) is 5.69 Å². The number of benzene rings is 3. The lowest BCUT2D eigenvalue weighted by Gasteiger charge is -2.32. The fourth-order valence-corrected chi connectivity index (χ4v) is 4.55. The first-order chi connectivity index (χ1) is 18.9. The number of rotatable bonds is 7. The van der Waals surface area contributed by atoms with Crippen molar-refractivity contribution in [3.05, 3.63) is 124 Å². The van der Waals surface area contributed by atoms with Gasteiger partial charge in [-0.05, 0) is 67.1 Å². The zero-order chi connectivity index (χ0) is 27.5. The van der Waals surface area contributed by atoms with Gasteiger partial charge in [0.25, 0.3) is 5.56 Å². The first-order valence-electron chi connectivity index (χ1n) is 12.2. The summed E-state index contributed by atoms with van der Waals surface area (Å²) in [5.74, 6) is -0.929. The van der Waals surface area contributed by atoms with Crippen LogP contribution in [0.2, 0.25) is 5.02 Å². The maximum atomic E-state index is 14.4. The molecular weight excluding hydrogens is 526 g/mol. The largest absolute Gasteiger partial charge is 0.467 e. The van der Waals surface area contributed by atoms with Crippen LogP contribution in [0.15, 0.2) is 94.3 Å². The molecule has 0 saturated heterocycles. The summed E-state index contributed by atoms with van der Waals surface area (Å²) in [5, 5.41) is 3.42. The van der Waals surface area contributed by atoms with E-state index in [0.717, 1.165) is 12.1 Å². The van der Waals surface area contributed by atoms with Crippen molar-refractivity contribution < 1.29 is 18.0 Å². The van der Waals surface area contributed by atoms with Gasteiger partial charge in [-0.3, -0.25) is 9.36 Å². The van der Waals surface area contributed by atoms with Crippen LogP contribution in [0, 0.1) is 11.6 Å². The SMILES string of the molecule is CCC(c1nc2ccccc2c(=O)n1-c1ccc(Cl)cc1)N(Cc1ccco1)C(=O)Nc1ccc(F)cc1F. The van der Waals surface area contributed by atoms with Crippen molar-refractivity contribution in [3.63, 3.8) is 0 Å². The Hall–Kier alpha value is -4.50. The van der Waals surface area contributed by atoms with Crippen LogP contribution in [0.25, 0.3) is 16.6 Å². The summed E-state index contributed by atoms with van der Waals surface area (Å²) in [5.41, 5.74) is 0.463. The van der Waals surface area contributed by atoms with Crippen LogP contribution in [0.1, 0.15) is 31.0 Å². The van der Waals surface area contributed by atoms with E-state index in [1.54, 1.807) is 60.7 Å². The van der Waals surface area contributed by atoms with E-state index < -0.39 is 23.7 Å². The molecule has 1 unspecified atom stereocenters. The first-order valence-corrected chi connectivity index (χ1v) is 12.6. The molecule has 198 valence electrons. The van der Waals surface area contributed by atoms with Gasteiger partial charge in [-0.2, -0.15) is 0 Å². The second-order valence-electron chi connectivity index (χ2n) is 8.79. The molecule has 0 bridgehead atoms. The van der Waals surface area contributed by atoms with E-state index in [1.165, 1.54) is 15.7 Å². The summed E-state index contributed by atoms with van der Waals surface area (Å²) in [6.07, 6.45) is 1.82. The van der Waals surface area contributed by atoms with Crippen LogP contribution in [0.3, 0.4) is 0 Å². The number of halogens is 3.